The summed E-state index contributed by atoms with van der Waals surface area (Å²) in [5, 5.41) is 16.8. The van der Waals surface area contributed by atoms with Gasteiger partial charge in [0, 0.05) is 39.3 Å². The first-order valence-electron chi connectivity index (χ1n) is 7.37. The lowest BCUT2D eigenvalue weighted by molar-refractivity contribution is -0.126. The number of hydrogen-bond donors (Lipinski definition) is 2. The van der Waals surface area contributed by atoms with E-state index in [4.69, 9.17) is 0 Å². The Hall–Kier alpha value is -2.15. The largest absolute Gasteiger partial charge is 0.391 e. The number of nitrogens with zero attached hydrogens (tertiary/aromatic N) is 3. The molecule has 0 saturated carbocycles. The highest BCUT2D eigenvalue weighted by molar-refractivity contribution is 5.91. The fraction of sp³-hybridized carbons (Fsp3) is 0.533. The molecule has 0 radical (unpaired) electrons. The normalized spacial score (nSPS) is 22.6. The molecule has 0 aliphatic carbocycles. The van der Waals surface area contributed by atoms with Gasteiger partial charge in [-0.15, -0.1) is 0 Å². The zero-order chi connectivity index (χ0) is 16.1. The van der Waals surface area contributed by atoms with E-state index in [2.05, 4.69) is 10.4 Å². The van der Waals surface area contributed by atoms with Gasteiger partial charge in [0.25, 0.3) is 0 Å². The number of hydrogen-bond acceptors (Lipinski definition) is 4. The van der Waals surface area contributed by atoms with Crippen LogP contribution in [0.5, 0.6) is 0 Å². The monoisotopic (exact) mass is 306 g/mol. The van der Waals surface area contributed by atoms with Gasteiger partial charge in [-0.05, 0) is 25.0 Å². The van der Waals surface area contributed by atoms with Crippen molar-refractivity contribution in [2.75, 3.05) is 13.1 Å². The topological polar surface area (TPSA) is 87.5 Å². The predicted molar refractivity (Wildman–Crippen MR) is 81.7 cm³/mol. The van der Waals surface area contributed by atoms with Crippen LogP contribution >= 0.6 is 0 Å². The highest BCUT2D eigenvalue weighted by Crippen LogP contribution is 2.13. The van der Waals surface area contributed by atoms with Crippen molar-refractivity contribution >= 4 is 17.9 Å². The number of carbonyl (C=O) groups is 2. The summed E-state index contributed by atoms with van der Waals surface area (Å²) in [5.74, 6) is -0.267. The summed E-state index contributed by atoms with van der Waals surface area (Å²) in [6.07, 6.45) is 5.29. The second kappa shape index (κ2) is 7.22. The van der Waals surface area contributed by atoms with Crippen LogP contribution in [0.2, 0.25) is 0 Å². The minimum absolute atomic E-state index is 0.100. The van der Waals surface area contributed by atoms with Crippen molar-refractivity contribution < 1.29 is 14.7 Å². The zero-order valence-corrected chi connectivity index (χ0v) is 12.9. The number of nitrogens with one attached hydrogen (secondary N) is 1. The molecule has 2 atom stereocenters. The Bertz CT molecular complexity index is 567. The van der Waals surface area contributed by atoms with E-state index >= 15 is 0 Å². The van der Waals surface area contributed by atoms with Crippen molar-refractivity contribution in [3.05, 3.63) is 24.0 Å². The molecule has 1 aliphatic heterocycles. The van der Waals surface area contributed by atoms with Crippen molar-refractivity contribution in [3.63, 3.8) is 0 Å². The number of aromatic nitrogens is 2. The van der Waals surface area contributed by atoms with Gasteiger partial charge in [-0.3, -0.25) is 14.3 Å². The molecule has 22 heavy (non-hydrogen) atoms. The summed E-state index contributed by atoms with van der Waals surface area (Å²) in [7, 11) is 1.81. The summed E-state index contributed by atoms with van der Waals surface area (Å²) >= 11 is 0. The molecule has 1 saturated heterocycles. The van der Waals surface area contributed by atoms with E-state index in [1.54, 1.807) is 21.9 Å². The number of rotatable bonds is 3. The standard InChI is InChI=1S/C15H22N4O3/c1-11(20)17-13-6-9-19(10-7-14(13)21)15(22)4-3-12-5-8-16-18(12)2/h3-5,8,13-14,21H,6-7,9-10H2,1-2H3,(H,17,20)/b4-3+/t13-,14-/m0/s1. The molecule has 7 nitrogen and oxygen atoms in total. The van der Waals surface area contributed by atoms with Crippen LogP contribution in [0.3, 0.4) is 0 Å². The van der Waals surface area contributed by atoms with Crippen LogP contribution < -0.4 is 5.32 Å². The lowest BCUT2D eigenvalue weighted by atomic mass is 10.1. The second-order valence-corrected chi connectivity index (χ2v) is 5.49. The van der Waals surface area contributed by atoms with Crippen molar-refractivity contribution in [2.24, 2.45) is 7.05 Å². The third kappa shape index (κ3) is 4.17. The van der Waals surface area contributed by atoms with Crippen LogP contribution in [0.4, 0.5) is 0 Å². The van der Waals surface area contributed by atoms with Crippen LogP contribution in [0.1, 0.15) is 25.5 Å². The predicted octanol–water partition coefficient (Wildman–Crippen LogP) is -0.0787. The average molecular weight is 306 g/mol. The van der Waals surface area contributed by atoms with E-state index in [0.717, 1.165) is 5.69 Å². The molecule has 1 aromatic heterocycles. The highest BCUT2D eigenvalue weighted by Gasteiger charge is 2.26. The van der Waals surface area contributed by atoms with Crippen LogP contribution in [0.25, 0.3) is 6.08 Å². The van der Waals surface area contributed by atoms with E-state index in [1.165, 1.54) is 13.0 Å². The van der Waals surface area contributed by atoms with E-state index in [-0.39, 0.29) is 17.9 Å². The molecule has 1 fully saturated rings. The van der Waals surface area contributed by atoms with E-state index < -0.39 is 6.10 Å². The molecular weight excluding hydrogens is 284 g/mol. The van der Waals surface area contributed by atoms with Gasteiger partial charge in [-0.1, -0.05) is 0 Å². The number of aliphatic hydroxyl groups is 1. The Morgan fingerprint density at radius 3 is 2.77 bits per heavy atom. The maximum absolute atomic E-state index is 12.2. The SMILES string of the molecule is CC(=O)N[C@H]1CCN(C(=O)/C=C/c2ccnn2C)CC[C@@H]1O. The van der Waals surface area contributed by atoms with Crippen molar-refractivity contribution in [3.8, 4) is 0 Å². The summed E-state index contributed by atoms with van der Waals surface area (Å²) in [6.45, 7) is 2.42. The summed E-state index contributed by atoms with van der Waals surface area (Å²) in [4.78, 5) is 25.1. The molecule has 1 aliphatic rings. The van der Waals surface area contributed by atoms with Gasteiger partial charge in [-0.25, -0.2) is 0 Å². The minimum Gasteiger partial charge on any atom is -0.391 e. The maximum atomic E-state index is 12.2. The Morgan fingerprint density at radius 1 is 1.41 bits per heavy atom. The number of likely N-dealkylation sites (tertiary alicyclic amines) is 1. The van der Waals surface area contributed by atoms with Crippen LogP contribution in [0.15, 0.2) is 18.3 Å². The number of amides is 2. The molecule has 2 amide bonds. The lowest BCUT2D eigenvalue weighted by Gasteiger charge is -2.20. The fourth-order valence-corrected chi connectivity index (χ4v) is 2.55. The third-order valence-electron chi connectivity index (χ3n) is 3.83. The first-order chi connectivity index (χ1) is 10.5. The molecule has 0 aromatic carbocycles. The van der Waals surface area contributed by atoms with Gasteiger partial charge in [0.05, 0.1) is 17.8 Å². The van der Waals surface area contributed by atoms with Crippen LogP contribution in [-0.4, -0.2) is 56.8 Å². The van der Waals surface area contributed by atoms with Crippen molar-refractivity contribution in [1.29, 1.82) is 0 Å². The highest BCUT2D eigenvalue weighted by atomic mass is 16.3. The van der Waals surface area contributed by atoms with Crippen molar-refractivity contribution in [2.45, 2.75) is 31.9 Å². The van der Waals surface area contributed by atoms with Gasteiger partial charge in [0.1, 0.15) is 0 Å². The Labute approximate surface area is 129 Å². The van der Waals surface area contributed by atoms with Gasteiger partial charge in [0.15, 0.2) is 0 Å². The van der Waals surface area contributed by atoms with E-state index in [0.29, 0.717) is 25.9 Å². The molecule has 2 rings (SSSR count). The van der Waals surface area contributed by atoms with Crippen molar-refractivity contribution in [1.82, 2.24) is 20.0 Å². The Morgan fingerprint density at radius 2 is 2.14 bits per heavy atom. The lowest BCUT2D eigenvalue weighted by Crippen LogP contribution is -2.42. The Kier molecular flexibility index (Phi) is 5.32. The molecular formula is C15H22N4O3. The number of aryl methyl sites for hydroxylation is 1. The molecule has 0 spiro atoms. The first kappa shape index (κ1) is 16.2. The number of carbonyl (C=O) groups excluding carboxylic acids is 2. The minimum atomic E-state index is -0.622. The van der Waals surface area contributed by atoms with Gasteiger partial charge < -0.3 is 15.3 Å². The summed E-state index contributed by atoms with van der Waals surface area (Å²) in [6, 6.07) is 1.53. The molecule has 2 N–H and O–H groups in total. The van der Waals surface area contributed by atoms with E-state index in [1.807, 2.05) is 13.1 Å². The van der Waals surface area contributed by atoms with Gasteiger partial charge >= 0.3 is 0 Å². The molecule has 0 bridgehead atoms. The quantitative estimate of drug-likeness (QED) is 0.765. The van der Waals surface area contributed by atoms with Crippen LogP contribution in [-0.2, 0) is 16.6 Å². The van der Waals surface area contributed by atoms with Gasteiger partial charge in [0.2, 0.25) is 11.8 Å². The smallest absolute Gasteiger partial charge is 0.246 e. The van der Waals surface area contributed by atoms with Gasteiger partial charge in [-0.2, -0.15) is 5.10 Å². The fourth-order valence-electron chi connectivity index (χ4n) is 2.55. The van der Waals surface area contributed by atoms with Crippen LogP contribution in [0, 0.1) is 0 Å². The molecule has 120 valence electrons. The first-order valence-corrected chi connectivity index (χ1v) is 7.37. The summed E-state index contributed by atoms with van der Waals surface area (Å²) < 4.78 is 1.68. The summed E-state index contributed by atoms with van der Waals surface area (Å²) in [5.41, 5.74) is 0.847. The molecule has 1 aromatic rings. The van der Waals surface area contributed by atoms with E-state index in [9.17, 15) is 14.7 Å². The average Bonchev–Trinajstić information content (AvgIpc) is 2.79. The Balaban J connectivity index is 1.95. The second-order valence-electron chi connectivity index (χ2n) is 5.49. The third-order valence-corrected chi connectivity index (χ3v) is 3.83. The molecule has 2 heterocycles. The zero-order valence-electron chi connectivity index (χ0n) is 12.9. The number of aliphatic hydroxyl groups excluding tert-OH is 1. The molecule has 0 unspecified atom stereocenters. The molecule has 7 heteroatoms. The maximum Gasteiger partial charge on any atom is 0.246 e.